The molecule has 0 radical (unpaired) electrons. The average molecular weight is 761 g/mol. The first kappa shape index (κ1) is 39.3. The van der Waals surface area contributed by atoms with E-state index in [-0.39, 0.29) is 36.4 Å². The molecular formula is C42H41Cl2F2N3O4. The maximum atomic E-state index is 13.9. The van der Waals surface area contributed by atoms with Gasteiger partial charge >= 0.3 is 0 Å². The van der Waals surface area contributed by atoms with Gasteiger partial charge in [0.15, 0.2) is 17.4 Å². The van der Waals surface area contributed by atoms with Crippen molar-refractivity contribution in [3.05, 3.63) is 153 Å². The fourth-order valence-electron chi connectivity index (χ4n) is 5.81. The molecule has 4 aromatic carbocycles. The van der Waals surface area contributed by atoms with Crippen LogP contribution >= 0.6 is 24.0 Å². The number of pyridine rings is 1. The molecule has 7 nitrogen and oxygen atoms in total. The SMILES string of the molecule is Cc1ccc(OCCc2ccc(CN3CCN(C(=O)C=Cc4cc(C)c(Oc5ccc(OCc6cccc(F)c6F)cn5)c(Cl)c4)CC3)cc2)cc1.Cl. The molecule has 1 aliphatic heterocycles. The summed E-state index contributed by atoms with van der Waals surface area (Å²) in [4.78, 5) is 21.5. The quantitative estimate of drug-likeness (QED) is 0.112. The topological polar surface area (TPSA) is 64.1 Å². The Labute approximate surface area is 320 Å². The maximum absolute atomic E-state index is 13.9. The third-order valence-corrected chi connectivity index (χ3v) is 9.09. The fourth-order valence-corrected chi connectivity index (χ4v) is 6.12. The van der Waals surface area contributed by atoms with Gasteiger partial charge in [0.05, 0.1) is 17.8 Å². The number of rotatable bonds is 13. The zero-order valence-corrected chi connectivity index (χ0v) is 31.1. The summed E-state index contributed by atoms with van der Waals surface area (Å²) < 4.78 is 44.7. The molecule has 0 spiro atoms. The second-order valence-corrected chi connectivity index (χ2v) is 13.2. The molecule has 5 aromatic rings. The fraction of sp³-hybridized carbons (Fsp3) is 0.238. The highest BCUT2D eigenvalue weighted by Gasteiger charge is 2.20. The zero-order valence-electron chi connectivity index (χ0n) is 29.6. The van der Waals surface area contributed by atoms with Crippen LogP contribution in [0.4, 0.5) is 8.78 Å². The summed E-state index contributed by atoms with van der Waals surface area (Å²) in [6, 6.07) is 27.6. The van der Waals surface area contributed by atoms with Gasteiger partial charge in [0, 0.05) is 56.9 Å². The number of amides is 1. The predicted octanol–water partition coefficient (Wildman–Crippen LogP) is 9.40. The minimum atomic E-state index is -0.938. The van der Waals surface area contributed by atoms with E-state index < -0.39 is 11.6 Å². The number of hydrogen-bond acceptors (Lipinski definition) is 6. The molecule has 0 N–H and O–H groups in total. The lowest BCUT2D eigenvalue weighted by Crippen LogP contribution is -2.47. The van der Waals surface area contributed by atoms with Crippen LogP contribution in [-0.2, 0) is 24.4 Å². The number of benzene rings is 4. The monoisotopic (exact) mass is 759 g/mol. The Morgan fingerprint density at radius 1 is 0.868 bits per heavy atom. The van der Waals surface area contributed by atoms with E-state index in [0.717, 1.165) is 49.0 Å². The molecule has 1 fully saturated rings. The highest BCUT2D eigenvalue weighted by atomic mass is 35.5. The number of carbonyl (C=O) groups excluding carboxylic acids is 1. The summed E-state index contributed by atoms with van der Waals surface area (Å²) in [5.41, 5.74) is 5.35. The molecule has 53 heavy (non-hydrogen) atoms. The van der Waals surface area contributed by atoms with Crippen molar-refractivity contribution in [2.24, 2.45) is 0 Å². The van der Waals surface area contributed by atoms with E-state index in [2.05, 4.69) is 53.2 Å². The standard InChI is InChI=1S/C42H40ClF2N3O4.ClH/c1-29-6-13-35(14-7-29)50-23-18-31-8-10-32(11-9-31)27-47-19-21-48(22-20-47)40(49)17-12-33-24-30(2)42(37(43)25-33)52-39-16-15-36(26-46-39)51-28-34-4-3-5-38(44)41(34)45;/h3-17,24-26H,18-23,27-28H2,1-2H3;1H. The van der Waals surface area contributed by atoms with E-state index in [4.69, 9.17) is 25.8 Å². The number of aromatic nitrogens is 1. The molecule has 2 heterocycles. The van der Waals surface area contributed by atoms with E-state index in [9.17, 15) is 13.6 Å². The lowest BCUT2D eigenvalue weighted by atomic mass is 10.1. The molecule has 1 amide bonds. The Morgan fingerprint density at radius 3 is 2.28 bits per heavy atom. The molecule has 1 saturated heterocycles. The lowest BCUT2D eigenvalue weighted by Gasteiger charge is -2.34. The normalized spacial score (nSPS) is 13.1. The predicted molar refractivity (Wildman–Crippen MR) is 206 cm³/mol. The lowest BCUT2D eigenvalue weighted by molar-refractivity contribution is -0.127. The van der Waals surface area contributed by atoms with Crippen LogP contribution in [-0.4, -0.2) is 53.5 Å². The van der Waals surface area contributed by atoms with Crippen LogP contribution in [0.2, 0.25) is 5.02 Å². The van der Waals surface area contributed by atoms with Crippen molar-refractivity contribution in [3.8, 4) is 23.1 Å². The number of piperazine rings is 1. The molecule has 0 bridgehead atoms. The Morgan fingerprint density at radius 2 is 1.58 bits per heavy atom. The number of halogens is 4. The van der Waals surface area contributed by atoms with Gasteiger partial charge in [0.1, 0.15) is 18.1 Å². The van der Waals surface area contributed by atoms with Gasteiger partial charge in [0.25, 0.3) is 0 Å². The first-order valence-electron chi connectivity index (χ1n) is 17.2. The molecule has 276 valence electrons. The second kappa shape index (κ2) is 18.7. The molecule has 0 unspecified atom stereocenters. The van der Waals surface area contributed by atoms with Gasteiger partial charge in [-0.1, -0.05) is 65.7 Å². The van der Waals surface area contributed by atoms with E-state index in [1.54, 1.807) is 30.4 Å². The van der Waals surface area contributed by atoms with Crippen LogP contribution < -0.4 is 14.2 Å². The molecule has 1 aliphatic rings. The number of hydrogen-bond donors (Lipinski definition) is 0. The van der Waals surface area contributed by atoms with Crippen LogP contribution in [0.5, 0.6) is 23.1 Å². The minimum absolute atomic E-state index is 0. The summed E-state index contributed by atoms with van der Waals surface area (Å²) in [6.07, 6.45) is 5.62. The molecule has 0 atom stereocenters. The minimum Gasteiger partial charge on any atom is -0.493 e. The van der Waals surface area contributed by atoms with Crippen molar-refractivity contribution in [1.82, 2.24) is 14.8 Å². The molecular weight excluding hydrogens is 719 g/mol. The Hall–Kier alpha value is -4.96. The van der Waals surface area contributed by atoms with Crippen molar-refractivity contribution in [3.63, 3.8) is 0 Å². The van der Waals surface area contributed by atoms with Gasteiger partial charge in [-0.2, -0.15) is 0 Å². The van der Waals surface area contributed by atoms with Crippen molar-refractivity contribution in [2.45, 2.75) is 33.4 Å². The smallest absolute Gasteiger partial charge is 0.246 e. The van der Waals surface area contributed by atoms with Crippen molar-refractivity contribution in [2.75, 3.05) is 32.8 Å². The van der Waals surface area contributed by atoms with Crippen LogP contribution in [0.1, 0.15) is 33.4 Å². The van der Waals surface area contributed by atoms with E-state index in [1.165, 1.54) is 35.0 Å². The van der Waals surface area contributed by atoms with E-state index >= 15 is 0 Å². The third kappa shape index (κ3) is 11.0. The summed E-state index contributed by atoms with van der Waals surface area (Å²) >= 11 is 6.58. The first-order valence-corrected chi connectivity index (χ1v) is 17.5. The highest BCUT2D eigenvalue weighted by Crippen LogP contribution is 2.34. The van der Waals surface area contributed by atoms with Gasteiger partial charge in [-0.3, -0.25) is 9.69 Å². The number of ether oxygens (including phenoxy) is 3. The van der Waals surface area contributed by atoms with Gasteiger partial charge in [0.2, 0.25) is 11.8 Å². The Bertz CT molecular complexity index is 1980. The van der Waals surface area contributed by atoms with Gasteiger partial charge < -0.3 is 19.1 Å². The molecule has 1 aromatic heterocycles. The third-order valence-electron chi connectivity index (χ3n) is 8.81. The van der Waals surface area contributed by atoms with Crippen molar-refractivity contribution in [1.29, 1.82) is 0 Å². The van der Waals surface area contributed by atoms with Crippen LogP contribution in [0.15, 0.2) is 103 Å². The van der Waals surface area contributed by atoms with Gasteiger partial charge in [-0.25, -0.2) is 13.8 Å². The largest absolute Gasteiger partial charge is 0.493 e. The van der Waals surface area contributed by atoms with Crippen LogP contribution in [0.25, 0.3) is 6.08 Å². The summed E-state index contributed by atoms with van der Waals surface area (Å²) in [5, 5.41) is 0.369. The van der Waals surface area contributed by atoms with Crippen molar-refractivity contribution < 1.29 is 27.8 Å². The number of nitrogens with zero attached hydrogens (tertiary/aromatic N) is 3. The van der Waals surface area contributed by atoms with Crippen LogP contribution in [0, 0.1) is 25.5 Å². The second-order valence-electron chi connectivity index (χ2n) is 12.7. The van der Waals surface area contributed by atoms with E-state index in [0.29, 0.717) is 36.2 Å². The maximum Gasteiger partial charge on any atom is 0.246 e. The number of carbonyl (C=O) groups is 1. The average Bonchev–Trinajstić information content (AvgIpc) is 3.15. The van der Waals surface area contributed by atoms with Gasteiger partial charge in [-0.15, -0.1) is 12.4 Å². The van der Waals surface area contributed by atoms with E-state index in [1.807, 2.05) is 30.0 Å². The molecule has 0 aliphatic carbocycles. The van der Waals surface area contributed by atoms with Crippen molar-refractivity contribution >= 4 is 36.0 Å². The Kier molecular flexibility index (Phi) is 13.8. The summed E-state index contributed by atoms with van der Waals surface area (Å²) in [5.74, 6) is 0.0677. The molecule has 6 rings (SSSR count). The zero-order chi connectivity index (χ0) is 36.5. The first-order chi connectivity index (χ1) is 25.2. The highest BCUT2D eigenvalue weighted by molar-refractivity contribution is 6.32. The summed E-state index contributed by atoms with van der Waals surface area (Å²) in [7, 11) is 0. The van der Waals surface area contributed by atoms with Crippen LogP contribution in [0.3, 0.4) is 0 Å². The molecule has 11 heteroatoms. The van der Waals surface area contributed by atoms with Gasteiger partial charge in [-0.05, 0) is 78.6 Å². The number of aryl methyl sites for hydroxylation is 2. The summed E-state index contributed by atoms with van der Waals surface area (Å²) in [6.45, 7) is 8.17. The Balaban J connectivity index is 0.00000541. The molecule has 0 saturated carbocycles.